The summed E-state index contributed by atoms with van der Waals surface area (Å²) in [4.78, 5) is 33.6. The molecule has 41 heavy (non-hydrogen) atoms. The van der Waals surface area contributed by atoms with Crippen molar-refractivity contribution in [2.45, 2.75) is 26.2 Å². The third-order valence-electron chi connectivity index (χ3n) is 7.27. The van der Waals surface area contributed by atoms with Crippen LogP contribution in [0.1, 0.15) is 31.7 Å². The van der Waals surface area contributed by atoms with Gasteiger partial charge in [0.2, 0.25) is 5.96 Å². The molecule has 4 rings (SSSR count). The van der Waals surface area contributed by atoms with E-state index in [0.717, 1.165) is 39.1 Å². The maximum atomic E-state index is 12.1. The van der Waals surface area contributed by atoms with Crippen molar-refractivity contribution in [2.75, 3.05) is 49.5 Å². The Labute approximate surface area is 239 Å². The second kappa shape index (κ2) is 13.5. The van der Waals surface area contributed by atoms with Crippen LogP contribution in [0.25, 0.3) is 0 Å². The SMILES string of the molecule is CC1=C(C(=O)O)C(c2cccc(NC(=NCCCN3CCN(c4ccccc4)CC3)NC#N)c2)C(C(=O)O)=C(C)N1. The zero-order valence-corrected chi connectivity index (χ0v) is 23.2. The summed E-state index contributed by atoms with van der Waals surface area (Å²) in [5, 5.41) is 37.6. The number of rotatable bonds is 9. The first-order valence-electron chi connectivity index (χ1n) is 13.5. The van der Waals surface area contributed by atoms with E-state index in [4.69, 9.17) is 0 Å². The van der Waals surface area contributed by atoms with Gasteiger partial charge in [-0.3, -0.25) is 15.2 Å². The number of nitrogens with zero attached hydrogens (tertiary/aromatic N) is 4. The van der Waals surface area contributed by atoms with Crippen molar-refractivity contribution in [1.82, 2.24) is 15.5 Å². The molecule has 2 aromatic rings. The summed E-state index contributed by atoms with van der Waals surface area (Å²) in [6, 6.07) is 17.2. The van der Waals surface area contributed by atoms with Crippen molar-refractivity contribution >= 4 is 29.3 Å². The molecule has 0 radical (unpaired) electrons. The van der Waals surface area contributed by atoms with Crippen molar-refractivity contribution in [2.24, 2.45) is 4.99 Å². The molecule has 0 atom stereocenters. The standard InChI is InChI=1S/C30H35N7O4/c1-20-25(28(38)39)27(26(29(40)41)21(2)34-20)22-8-6-9-23(18-22)35-30(33-19-31)32-12-7-13-36-14-16-37(17-15-36)24-10-4-3-5-11-24/h3-6,8-11,18,27,34H,7,12-17H2,1-2H3,(H,38,39)(H,40,41)(H2,32,33,35). The maximum Gasteiger partial charge on any atom is 0.334 e. The van der Waals surface area contributed by atoms with Gasteiger partial charge in [0.25, 0.3) is 0 Å². The Morgan fingerprint density at radius 1 is 1.00 bits per heavy atom. The number of aliphatic carboxylic acids is 2. The first-order chi connectivity index (χ1) is 19.8. The normalized spacial score (nSPS) is 16.7. The van der Waals surface area contributed by atoms with Crippen molar-refractivity contribution in [3.8, 4) is 6.19 Å². The minimum absolute atomic E-state index is 0.0289. The summed E-state index contributed by atoms with van der Waals surface area (Å²) >= 11 is 0. The van der Waals surface area contributed by atoms with Crippen LogP contribution in [-0.2, 0) is 9.59 Å². The number of anilines is 2. The summed E-state index contributed by atoms with van der Waals surface area (Å²) in [5.74, 6) is -3.10. The minimum Gasteiger partial charge on any atom is -0.478 e. The molecule has 0 saturated carbocycles. The molecule has 1 saturated heterocycles. The van der Waals surface area contributed by atoms with Crippen LogP contribution in [-0.4, -0.2) is 72.3 Å². The number of para-hydroxylation sites is 1. The van der Waals surface area contributed by atoms with Gasteiger partial charge < -0.3 is 25.7 Å². The Morgan fingerprint density at radius 2 is 1.66 bits per heavy atom. The van der Waals surface area contributed by atoms with E-state index in [2.05, 4.69) is 55.0 Å². The van der Waals surface area contributed by atoms with Gasteiger partial charge in [0, 0.05) is 62.0 Å². The van der Waals surface area contributed by atoms with E-state index < -0.39 is 17.9 Å². The largest absolute Gasteiger partial charge is 0.478 e. The van der Waals surface area contributed by atoms with Crippen LogP contribution >= 0.6 is 0 Å². The lowest BCUT2D eigenvalue weighted by atomic mass is 9.80. The number of carboxylic acids is 2. The number of piperazine rings is 1. The fourth-order valence-electron chi connectivity index (χ4n) is 5.34. The van der Waals surface area contributed by atoms with E-state index in [1.54, 1.807) is 38.1 Å². The van der Waals surface area contributed by atoms with E-state index in [9.17, 15) is 25.1 Å². The molecule has 0 aliphatic carbocycles. The monoisotopic (exact) mass is 557 g/mol. The first-order valence-corrected chi connectivity index (χ1v) is 13.5. The van der Waals surface area contributed by atoms with Gasteiger partial charge in [-0.2, -0.15) is 5.26 Å². The number of nitrogens with one attached hydrogen (secondary N) is 3. The molecule has 0 amide bonds. The highest BCUT2D eigenvalue weighted by Gasteiger charge is 2.36. The molecule has 2 aromatic carbocycles. The highest BCUT2D eigenvalue weighted by atomic mass is 16.4. The van der Waals surface area contributed by atoms with Crippen LogP contribution in [0, 0.1) is 11.5 Å². The molecule has 2 aliphatic heterocycles. The summed E-state index contributed by atoms with van der Waals surface area (Å²) in [7, 11) is 0. The zero-order valence-electron chi connectivity index (χ0n) is 23.2. The molecule has 0 spiro atoms. The predicted octanol–water partition coefficient (Wildman–Crippen LogP) is 3.14. The van der Waals surface area contributed by atoms with E-state index >= 15 is 0 Å². The van der Waals surface area contributed by atoms with Crippen molar-refractivity contribution in [1.29, 1.82) is 5.26 Å². The Kier molecular flexibility index (Phi) is 9.60. The first kappa shape index (κ1) is 29.2. The molecule has 1 fully saturated rings. The lowest BCUT2D eigenvalue weighted by Crippen LogP contribution is -2.46. The smallest absolute Gasteiger partial charge is 0.334 e. The van der Waals surface area contributed by atoms with Gasteiger partial charge >= 0.3 is 11.9 Å². The fourth-order valence-corrected chi connectivity index (χ4v) is 5.34. The molecule has 2 heterocycles. The maximum absolute atomic E-state index is 12.1. The quantitative estimate of drug-likeness (QED) is 0.102. The summed E-state index contributed by atoms with van der Waals surface area (Å²) < 4.78 is 0. The topological polar surface area (TPSA) is 153 Å². The van der Waals surface area contributed by atoms with E-state index in [0.29, 0.717) is 29.2 Å². The van der Waals surface area contributed by atoms with E-state index in [1.807, 2.05) is 12.3 Å². The van der Waals surface area contributed by atoms with Crippen LogP contribution in [0.4, 0.5) is 11.4 Å². The molecule has 0 bridgehead atoms. The zero-order chi connectivity index (χ0) is 29.4. The Morgan fingerprint density at radius 3 is 2.27 bits per heavy atom. The van der Waals surface area contributed by atoms with E-state index in [-0.39, 0.29) is 17.1 Å². The van der Waals surface area contributed by atoms with Gasteiger partial charge in [-0.05, 0) is 50.1 Å². The number of hydrogen-bond donors (Lipinski definition) is 5. The van der Waals surface area contributed by atoms with Crippen molar-refractivity contribution in [3.63, 3.8) is 0 Å². The van der Waals surface area contributed by atoms with Crippen LogP contribution in [0.15, 0.2) is 82.1 Å². The molecular weight excluding hydrogens is 522 g/mol. The van der Waals surface area contributed by atoms with Crippen molar-refractivity contribution in [3.05, 3.63) is 82.7 Å². The average Bonchev–Trinajstić information content (AvgIpc) is 2.95. The molecule has 0 unspecified atom stereocenters. The van der Waals surface area contributed by atoms with Gasteiger partial charge in [0.15, 0.2) is 6.19 Å². The third kappa shape index (κ3) is 7.23. The molecule has 11 heteroatoms. The van der Waals surface area contributed by atoms with Crippen LogP contribution in [0.2, 0.25) is 0 Å². The summed E-state index contributed by atoms with van der Waals surface area (Å²) in [5.41, 5.74) is 3.00. The molecule has 11 nitrogen and oxygen atoms in total. The van der Waals surface area contributed by atoms with Gasteiger partial charge in [-0.15, -0.1) is 0 Å². The van der Waals surface area contributed by atoms with Gasteiger partial charge in [0.05, 0.1) is 17.1 Å². The average molecular weight is 558 g/mol. The molecule has 2 aliphatic rings. The van der Waals surface area contributed by atoms with Gasteiger partial charge in [-0.25, -0.2) is 9.59 Å². The van der Waals surface area contributed by atoms with Crippen LogP contribution in [0.3, 0.4) is 0 Å². The molecular formula is C30H35N7O4. The predicted molar refractivity (Wildman–Crippen MR) is 157 cm³/mol. The number of carbonyl (C=O) groups is 2. The molecule has 214 valence electrons. The number of carboxylic acid groups (broad SMARTS) is 2. The molecule has 0 aromatic heterocycles. The second-order valence-electron chi connectivity index (χ2n) is 9.98. The van der Waals surface area contributed by atoms with Crippen molar-refractivity contribution < 1.29 is 19.8 Å². The number of benzene rings is 2. The number of aliphatic imine (C=N–C) groups is 1. The lowest BCUT2D eigenvalue weighted by Gasteiger charge is -2.36. The third-order valence-corrected chi connectivity index (χ3v) is 7.27. The Balaban J connectivity index is 1.40. The summed E-state index contributed by atoms with van der Waals surface area (Å²) in [6.07, 6.45) is 2.71. The number of dihydropyridines is 1. The van der Waals surface area contributed by atoms with E-state index in [1.165, 1.54) is 5.69 Å². The number of guanidine groups is 1. The minimum atomic E-state index is -1.19. The number of allylic oxidation sites excluding steroid dienone is 2. The lowest BCUT2D eigenvalue weighted by molar-refractivity contribution is -0.133. The van der Waals surface area contributed by atoms with Gasteiger partial charge in [-0.1, -0.05) is 30.3 Å². The highest BCUT2D eigenvalue weighted by molar-refractivity contribution is 5.99. The Bertz CT molecular complexity index is 1370. The fraction of sp³-hybridized carbons (Fsp3) is 0.333. The van der Waals surface area contributed by atoms with Crippen LogP contribution < -0.4 is 20.9 Å². The number of nitriles is 1. The highest BCUT2D eigenvalue weighted by Crippen LogP contribution is 2.39. The summed E-state index contributed by atoms with van der Waals surface area (Å²) in [6.45, 7) is 8.52. The molecule has 5 N–H and O–H groups in total. The number of hydrogen-bond acceptors (Lipinski definition) is 7. The van der Waals surface area contributed by atoms with Crippen LogP contribution in [0.5, 0.6) is 0 Å². The second-order valence-corrected chi connectivity index (χ2v) is 9.98. The Hall–Kier alpha value is -4.82. The van der Waals surface area contributed by atoms with Gasteiger partial charge in [0.1, 0.15) is 0 Å².